The lowest BCUT2D eigenvalue weighted by atomic mass is 9.85. The number of nitrogens with zero attached hydrogens (tertiary/aromatic N) is 2. The second-order valence-electron chi connectivity index (χ2n) is 18.7. The van der Waals surface area contributed by atoms with E-state index in [0.717, 1.165) is 5.56 Å². The molecule has 2 heterocycles. The number of benzene rings is 2. The first-order valence-corrected chi connectivity index (χ1v) is 22.1. The quantitative estimate of drug-likeness (QED) is 0.160. The third-order valence-electron chi connectivity index (χ3n) is 11.3. The smallest absolute Gasteiger partial charge is 0.408 e. The zero-order valence-corrected chi connectivity index (χ0v) is 37.3. The van der Waals surface area contributed by atoms with Crippen molar-refractivity contribution < 1.29 is 46.5 Å². The van der Waals surface area contributed by atoms with Crippen molar-refractivity contribution in [2.45, 2.75) is 121 Å². The number of aromatic nitrogens is 1. The zero-order valence-electron chi connectivity index (χ0n) is 36.5. The van der Waals surface area contributed by atoms with Gasteiger partial charge in [0.05, 0.1) is 37.6 Å². The second-order valence-corrected chi connectivity index (χ2v) is 20.7. The summed E-state index contributed by atoms with van der Waals surface area (Å²) in [7, 11) is -2.63. The minimum Gasteiger partial charge on any atom is -0.497 e. The standard InChI is InChI=1S/C45H59N5O10S/c1-11-29-24-45(29,40(53)49-61(55,56)44(19-20-44)26-58-27(2)3)48-38(51)35-22-31(25-50(35)39(52)37(42(4,5)6)47-41(54)60-43(7,8)9)59-36-23-33(28-15-13-12-14-16-28)46-34-21-30(57-10)17-18-32(34)36/h11-18,21,23,27,29,31,35,37H,1,19-20,22,24-26H2,2-10H3,(H,47,54)(H,48,51)(H,49,53)/t29-,31-,35+,37-,45-/m1/s1. The van der Waals surface area contributed by atoms with E-state index in [9.17, 15) is 27.6 Å². The molecule has 0 radical (unpaired) electrons. The van der Waals surface area contributed by atoms with E-state index in [1.807, 2.05) is 42.5 Å². The fourth-order valence-corrected chi connectivity index (χ4v) is 9.06. The Morgan fingerprint density at radius 2 is 1.70 bits per heavy atom. The highest BCUT2D eigenvalue weighted by Crippen LogP contribution is 2.48. The van der Waals surface area contributed by atoms with E-state index in [-0.39, 0.29) is 32.1 Å². The molecule has 0 unspecified atom stereocenters. The van der Waals surface area contributed by atoms with E-state index in [2.05, 4.69) is 21.9 Å². The predicted octanol–water partition coefficient (Wildman–Crippen LogP) is 5.66. The highest BCUT2D eigenvalue weighted by Gasteiger charge is 2.64. The van der Waals surface area contributed by atoms with Crippen LogP contribution in [-0.2, 0) is 33.9 Å². The van der Waals surface area contributed by atoms with Crippen molar-refractivity contribution in [3.8, 4) is 22.8 Å². The first-order chi connectivity index (χ1) is 28.5. The fraction of sp³-hybridized carbons (Fsp3) is 0.533. The molecular weight excluding hydrogens is 803 g/mol. The maximum absolute atomic E-state index is 14.8. The van der Waals surface area contributed by atoms with Crippen molar-refractivity contribution >= 4 is 44.7 Å². The van der Waals surface area contributed by atoms with E-state index in [1.54, 1.807) is 74.6 Å². The largest absolute Gasteiger partial charge is 0.497 e. The van der Waals surface area contributed by atoms with Crippen molar-refractivity contribution in [3.63, 3.8) is 0 Å². The molecule has 16 heteroatoms. The van der Waals surface area contributed by atoms with Gasteiger partial charge >= 0.3 is 6.09 Å². The third kappa shape index (κ3) is 9.96. The Morgan fingerprint density at radius 1 is 1.02 bits per heavy atom. The number of rotatable bonds is 15. The minimum atomic E-state index is -4.20. The predicted molar refractivity (Wildman–Crippen MR) is 230 cm³/mol. The molecule has 5 atom stereocenters. The van der Waals surface area contributed by atoms with Gasteiger partial charge in [-0.3, -0.25) is 19.1 Å². The number of carbonyl (C=O) groups is 4. The van der Waals surface area contributed by atoms with Crippen LogP contribution in [0.1, 0.15) is 81.1 Å². The monoisotopic (exact) mass is 861 g/mol. The van der Waals surface area contributed by atoms with Crippen LogP contribution in [0.3, 0.4) is 0 Å². The summed E-state index contributed by atoms with van der Waals surface area (Å²) in [6.07, 6.45) is 0.463. The van der Waals surface area contributed by atoms with E-state index in [4.69, 9.17) is 23.9 Å². The number of likely N-dealkylation sites (tertiary alicyclic amines) is 1. The molecule has 0 spiro atoms. The van der Waals surface area contributed by atoms with Crippen molar-refractivity contribution in [1.29, 1.82) is 0 Å². The molecule has 61 heavy (non-hydrogen) atoms. The lowest BCUT2D eigenvalue weighted by Crippen LogP contribution is -2.60. The number of fused-ring (bicyclic) bond motifs is 1. The van der Waals surface area contributed by atoms with Gasteiger partial charge in [-0.25, -0.2) is 18.2 Å². The number of ether oxygens (including phenoxy) is 4. The Labute approximate surface area is 358 Å². The van der Waals surface area contributed by atoms with Crippen LogP contribution in [0.4, 0.5) is 4.79 Å². The van der Waals surface area contributed by atoms with Gasteiger partial charge in [0.2, 0.25) is 21.8 Å². The number of amides is 4. The number of hydrogen-bond acceptors (Lipinski definition) is 11. The molecule has 1 aromatic heterocycles. The Hall–Kier alpha value is -5.22. The Balaban J connectivity index is 1.33. The number of hydrogen-bond donors (Lipinski definition) is 3. The van der Waals surface area contributed by atoms with Crippen LogP contribution in [-0.4, -0.2) is 103 Å². The van der Waals surface area contributed by atoms with Crippen LogP contribution < -0.4 is 24.8 Å². The molecule has 2 aliphatic carbocycles. The normalized spacial score (nSPS) is 22.5. The van der Waals surface area contributed by atoms with Gasteiger partial charge in [-0.1, -0.05) is 57.2 Å². The summed E-state index contributed by atoms with van der Waals surface area (Å²) >= 11 is 0. The van der Waals surface area contributed by atoms with Gasteiger partial charge in [0.1, 0.15) is 45.6 Å². The number of nitrogens with one attached hydrogen (secondary N) is 3. The van der Waals surface area contributed by atoms with E-state index in [0.29, 0.717) is 40.9 Å². The van der Waals surface area contributed by atoms with E-state index in [1.165, 1.54) is 11.0 Å². The summed E-state index contributed by atoms with van der Waals surface area (Å²) in [4.78, 5) is 62.8. The molecule has 15 nitrogen and oxygen atoms in total. The summed E-state index contributed by atoms with van der Waals surface area (Å²) in [5.74, 6) is -1.70. The van der Waals surface area contributed by atoms with Crippen LogP contribution in [0, 0.1) is 11.3 Å². The van der Waals surface area contributed by atoms with Crippen LogP contribution in [0.5, 0.6) is 11.5 Å². The minimum absolute atomic E-state index is 0.00802. The zero-order chi connectivity index (χ0) is 44.7. The van der Waals surface area contributed by atoms with Gasteiger partial charge < -0.3 is 34.5 Å². The molecule has 0 bridgehead atoms. The van der Waals surface area contributed by atoms with E-state index >= 15 is 0 Å². The SMILES string of the molecule is C=C[C@@H]1C[C@]1(NC(=O)[C@@H]1C[C@@H](Oc2cc(-c3ccccc3)nc3cc(OC)ccc23)CN1C(=O)[C@@H](NC(=O)OC(C)(C)C)C(C)(C)C)C(=O)NS(=O)(=O)C1(COC(C)C)CC1. The average Bonchev–Trinajstić information content (AvgIpc) is 4.09. The Kier molecular flexibility index (Phi) is 12.6. The fourth-order valence-electron chi connectivity index (χ4n) is 7.56. The third-order valence-corrected chi connectivity index (χ3v) is 13.4. The number of carbonyl (C=O) groups excluding carboxylic acids is 4. The molecule has 3 fully saturated rings. The summed E-state index contributed by atoms with van der Waals surface area (Å²) < 4.78 is 51.6. The first kappa shape index (κ1) is 45.3. The Morgan fingerprint density at radius 3 is 2.28 bits per heavy atom. The van der Waals surface area contributed by atoms with Gasteiger partial charge in [-0.2, -0.15) is 0 Å². The second kappa shape index (κ2) is 16.9. The highest BCUT2D eigenvalue weighted by atomic mass is 32.2. The maximum atomic E-state index is 14.8. The summed E-state index contributed by atoms with van der Waals surface area (Å²) in [5, 5.41) is 6.24. The van der Waals surface area contributed by atoms with Crippen molar-refractivity contribution in [1.82, 2.24) is 25.2 Å². The van der Waals surface area contributed by atoms with Crippen molar-refractivity contribution in [2.24, 2.45) is 11.3 Å². The molecule has 1 aliphatic heterocycles. The number of methoxy groups -OCH3 is 1. The molecule has 3 N–H and O–H groups in total. The molecule has 2 aromatic carbocycles. The Bertz CT molecular complexity index is 2280. The van der Waals surface area contributed by atoms with Crippen molar-refractivity contribution in [2.75, 3.05) is 20.3 Å². The summed E-state index contributed by atoms with van der Waals surface area (Å²) in [6, 6.07) is 14.4. The molecular formula is C45H59N5O10S. The van der Waals surface area contributed by atoms with Gasteiger partial charge in [0.25, 0.3) is 5.91 Å². The molecule has 330 valence electrons. The molecule has 6 rings (SSSR count). The van der Waals surface area contributed by atoms with Gasteiger partial charge in [-0.05, 0) is 71.4 Å². The van der Waals surface area contributed by atoms with E-state index < -0.39 is 79.2 Å². The van der Waals surface area contributed by atoms with Gasteiger partial charge in [-0.15, -0.1) is 6.58 Å². The number of sulfonamides is 1. The van der Waals surface area contributed by atoms with Crippen LogP contribution in [0.2, 0.25) is 0 Å². The topological polar surface area (TPSA) is 192 Å². The summed E-state index contributed by atoms with van der Waals surface area (Å²) in [6.45, 7) is 17.8. The maximum Gasteiger partial charge on any atom is 0.408 e. The molecule has 1 saturated heterocycles. The number of pyridine rings is 1. The molecule has 2 saturated carbocycles. The molecule has 4 amide bonds. The van der Waals surface area contributed by atoms with Gasteiger partial charge in [0, 0.05) is 35.4 Å². The lowest BCUT2D eigenvalue weighted by molar-refractivity contribution is -0.143. The number of alkyl carbamates (subject to hydrolysis) is 1. The lowest BCUT2D eigenvalue weighted by Gasteiger charge is -2.36. The van der Waals surface area contributed by atoms with Gasteiger partial charge in [0.15, 0.2) is 0 Å². The van der Waals surface area contributed by atoms with Crippen LogP contribution in [0.25, 0.3) is 22.2 Å². The highest BCUT2D eigenvalue weighted by molar-refractivity contribution is 7.91. The first-order valence-electron chi connectivity index (χ1n) is 20.7. The molecule has 3 aromatic rings. The van der Waals surface area contributed by atoms with Crippen LogP contribution >= 0.6 is 0 Å². The van der Waals surface area contributed by atoms with Crippen molar-refractivity contribution in [3.05, 3.63) is 67.3 Å². The average molecular weight is 862 g/mol. The summed E-state index contributed by atoms with van der Waals surface area (Å²) in [5.41, 5.74) is -1.28. The molecule has 3 aliphatic rings. The van der Waals surface area contributed by atoms with Crippen LogP contribution in [0.15, 0.2) is 67.3 Å².